The fraction of sp³-hybridized carbons (Fsp3) is 0.625. The molecule has 0 unspecified atom stereocenters. The summed E-state index contributed by atoms with van der Waals surface area (Å²) in [5.74, 6) is 0.507. The lowest BCUT2D eigenvalue weighted by Crippen LogP contribution is -2.31. The van der Waals surface area contributed by atoms with Gasteiger partial charge in [-0.25, -0.2) is 0 Å². The molecule has 0 spiro atoms. The molecule has 3 heteroatoms. The third-order valence-corrected chi connectivity index (χ3v) is 1.24. The molecule has 64 valence electrons. The minimum absolute atomic E-state index is 0.507. The van der Waals surface area contributed by atoms with Gasteiger partial charge in [-0.1, -0.05) is 11.6 Å². The highest BCUT2D eigenvalue weighted by Gasteiger charge is 1.85. The predicted octanol–water partition coefficient (Wildman–Crippen LogP) is 0.877. The van der Waals surface area contributed by atoms with Crippen molar-refractivity contribution in [3.63, 3.8) is 0 Å². The first-order valence-electron chi connectivity index (χ1n) is 3.76. The molecule has 11 heavy (non-hydrogen) atoms. The highest BCUT2D eigenvalue weighted by Crippen LogP contribution is 1.90. The maximum atomic E-state index is 5.41. The molecule has 0 amide bonds. The lowest BCUT2D eigenvalue weighted by atomic mass is 10.3. The van der Waals surface area contributed by atoms with Crippen LogP contribution in [-0.2, 0) is 0 Å². The fourth-order valence-electron chi connectivity index (χ4n) is 0.640. The van der Waals surface area contributed by atoms with Crippen LogP contribution in [0.15, 0.2) is 16.6 Å². The van der Waals surface area contributed by atoms with Crippen molar-refractivity contribution >= 4 is 5.96 Å². The number of rotatable bonds is 3. The molecule has 0 saturated heterocycles. The molecule has 3 N–H and O–H groups in total. The van der Waals surface area contributed by atoms with E-state index in [0.29, 0.717) is 5.96 Å². The number of nitrogens with zero attached hydrogens (tertiary/aromatic N) is 1. The Balaban J connectivity index is 3.36. The van der Waals surface area contributed by atoms with E-state index in [2.05, 4.69) is 30.2 Å². The van der Waals surface area contributed by atoms with Crippen molar-refractivity contribution in [2.75, 3.05) is 13.6 Å². The summed E-state index contributed by atoms with van der Waals surface area (Å²) in [6.45, 7) is 5.02. The lowest BCUT2D eigenvalue weighted by molar-refractivity contribution is 0.873. The normalized spacial score (nSPS) is 11.0. The van der Waals surface area contributed by atoms with Gasteiger partial charge in [-0.05, 0) is 20.3 Å². The van der Waals surface area contributed by atoms with Crippen LogP contribution >= 0.6 is 0 Å². The highest BCUT2D eigenvalue weighted by atomic mass is 15.1. The standard InChI is InChI=1S/C8H17N3/c1-7(2)5-4-6-11-8(9)10-3/h5H,4,6H2,1-3H3,(H3,9,10,11). The molecule has 0 atom stereocenters. The van der Waals surface area contributed by atoms with Gasteiger partial charge in [0.15, 0.2) is 5.96 Å². The Kier molecular flexibility index (Phi) is 5.25. The van der Waals surface area contributed by atoms with E-state index in [9.17, 15) is 0 Å². The van der Waals surface area contributed by atoms with Crippen molar-refractivity contribution in [1.29, 1.82) is 0 Å². The van der Waals surface area contributed by atoms with E-state index in [1.54, 1.807) is 7.05 Å². The molecular formula is C8H17N3. The van der Waals surface area contributed by atoms with Gasteiger partial charge < -0.3 is 11.1 Å². The quantitative estimate of drug-likeness (QED) is 0.275. The molecule has 0 aromatic carbocycles. The Morgan fingerprint density at radius 1 is 1.55 bits per heavy atom. The van der Waals surface area contributed by atoms with Gasteiger partial charge in [0.2, 0.25) is 0 Å². The minimum Gasteiger partial charge on any atom is -0.370 e. The van der Waals surface area contributed by atoms with E-state index < -0.39 is 0 Å². The topological polar surface area (TPSA) is 50.4 Å². The van der Waals surface area contributed by atoms with Crippen LogP contribution in [0, 0.1) is 0 Å². The molecule has 0 saturated carbocycles. The maximum absolute atomic E-state index is 5.41. The fourth-order valence-corrected chi connectivity index (χ4v) is 0.640. The van der Waals surface area contributed by atoms with Gasteiger partial charge in [-0.15, -0.1) is 0 Å². The summed E-state index contributed by atoms with van der Waals surface area (Å²) < 4.78 is 0. The summed E-state index contributed by atoms with van der Waals surface area (Å²) >= 11 is 0. The monoisotopic (exact) mass is 155 g/mol. The molecule has 0 aliphatic heterocycles. The van der Waals surface area contributed by atoms with Crippen LogP contribution in [0.5, 0.6) is 0 Å². The van der Waals surface area contributed by atoms with Gasteiger partial charge in [-0.2, -0.15) is 0 Å². The smallest absolute Gasteiger partial charge is 0.188 e. The van der Waals surface area contributed by atoms with E-state index in [0.717, 1.165) is 13.0 Å². The number of aliphatic imine (C=N–C) groups is 1. The van der Waals surface area contributed by atoms with Crippen molar-refractivity contribution in [2.45, 2.75) is 20.3 Å². The third-order valence-electron chi connectivity index (χ3n) is 1.24. The molecule has 0 radical (unpaired) electrons. The van der Waals surface area contributed by atoms with Crippen LogP contribution in [0.3, 0.4) is 0 Å². The van der Waals surface area contributed by atoms with Crippen molar-refractivity contribution in [1.82, 2.24) is 5.32 Å². The Morgan fingerprint density at radius 3 is 2.64 bits per heavy atom. The summed E-state index contributed by atoms with van der Waals surface area (Å²) in [7, 11) is 1.67. The molecule has 0 aliphatic rings. The molecule has 3 nitrogen and oxygen atoms in total. The second-order valence-electron chi connectivity index (χ2n) is 2.61. The zero-order chi connectivity index (χ0) is 8.69. The second kappa shape index (κ2) is 5.77. The molecular weight excluding hydrogens is 138 g/mol. The summed E-state index contributed by atoms with van der Waals surface area (Å²) in [5, 5.41) is 2.97. The first-order chi connectivity index (χ1) is 5.16. The van der Waals surface area contributed by atoms with Crippen molar-refractivity contribution in [2.24, 2.45) is 10.7 Å². The largest absolute Gasteiger partial charge is 0.370 e. The van der Waals surface area contributed by atoms with Crippen molar-refractivity contribution in [3.8, 4) is 0 Å². The molecule has 0 aromatic heterocycles. The summed E-state index contributed by atoms with van der Waals surface area (Å²) in [6, 6.07) is 0. The minimum atomic E-state index is 0.507. The van der Waals surface area contributed by atoms with E-state index in [1.165, 1.54) is 5.57 Å². The van der Waals surface area contributed by atoms with E-state index in [-0.39, 0.29) is 0 Å². The number of hydrogen-bond acceptors (Lipinski definition) is 1. The van der Waals surface area contributed by atoms with Crippen molar-refractivity contribution in [3.05, 3.63) is 11.6 Å². The number of guanidine groups is 1. The third kappa shape index (κ3) is 6.90. The van der Waals surface area contributed by atoms with Crippen LogP contribution in [-0.4, -0.2) is 19.6 Å². The first-order valence-corrected chi connectivity index (χ1v) is 3.76. The Morgan fingerprint density at radius 2 is 2.18 bits per heavy atom. The van der Waals surface area contributed by atoms with E-state index >= 15 is 0 Å². The average molecular weight is 155 g/mol. The Labute approximate surface area is 68.4 Å². The van der Waals surface area contributed by atoms with Gasteiger partial charge in [0.25, 0.3) is 0 Å². The second-order valence-corrected chi connectivity index (χ2v) is 2.61. The number of allylic oxidation sites excluding steroid dienone is 1. The first kappa shape index (κ1) is 10.0. The van der Waals surface area contributed by atoms with Gasteiger partial charge in [0.05, 0.1) is 0 Å². The van der Waals surface area contributed by atoms with Crippen LogP contribution in [0.4, 0.5) is 0 Å². The summed E-state index contributed by atoms with van der Waals surface area (Å²) in [4.78, 5) is 3.77. The lowest BCUT2D eigenvalue weighted by Gasteiger charge is -2.01. The van der Waals surface area contributed by atoms with Crippen LogP contribution in [0.1, 0.15) is 20.3 Å². The predicted molar refractivity (Wildman–Crippen MR) is 49.6 cm³/mol. The van der Waals surface area contributed by atoms with Crippen LogP contribution < -0.4 is 11.1 Å². The van der Waals surface area contributed by atoms with E-state index in [4.69, 9.17) is 5.73 Å². The molecule has 0 aliphatic carbocycles. The zero-order valence-corrected chi connectivity index (χ0v) is 7.52. The Bertz CT molecular complexity index is 155. The SMILES string of the molecule is CN=C(N)NCCC=C(C)C. The van der Waals surface area contributed by atoms with Gasteiger partial charge in [-0.3, -0.25) is 4.99 Å². The zero-order valence-electron chi connectivity index (χ0n) is 7.52. The summed E-state index contributed by atoms with van der Waals surface area (Å²) in [6.07, 6.45) is 3.16. The molecule has 0 aromatic rings. The molecule has 0 bridgehead atoms. The molecule has 0 heterocycles. The number of nitrogens with one attached hydrogen (secondary N) is 1. The highest BCUT2D eigenvalue weighted by molar-refractivity contribution is 5.77. The van der Waals surface area contributed by atoms with Crippen LogP contribution in [0.2, 0.25) is 0 Å². The molecule has 0 fully saturated rings. The number of hydrogen-bond donors (Lipinski definition) is 2. The summed E-state index contributed by atoms with van der Waals surface area (Å²) in [5.41, 5.74) is 6.74. The van der Waals surface area contributed by atoms with Gasteiger partial charge >= 0.3 is 0 Å². The average Bonchev–Trinajstić information content (AvgIpc) is 1.97. The molecule has 0 rings (SSSR count). The van der Waals surface area contributed by atoms with E-state index in [1.807, 2.05) is 0 Å². The Hall–Kier alpha value is -0.990. The van der Waals surface area contributed by atoms with Gasteiger partial charge in [0.1, 0.15) is 0 Å². The van der Waals surface area contributed by atoms with Gasteiger partial charge in [0, 0.05) is 13.6 Å². The van der Waals surface area contributed by atoms with Crippen LogP contribution in [0.25, 0.3) is 0 Å². The van der Waals surface area contributed by atoms with Crippen molar-refractivity contribution < 1.29 is 0 Å². The maximum Gasteiger partial charge on any atom is 0.188 e. The number of nitrogens with two attached hydrogens (primary N) is 1.